The highest BCUT2D eigenvalue weighted by atomic mass is 19.4. The van der Waals surface area contributed by atoms with E-state index in [1.165, 1.54) is 0 Å². The Kier molecular flexibility index (Phi) is 21.4. The fourth-order valence-electron chi connectivity index (χ4n) is 3.35. The Hall–Kier alpha value is -3.31. The third-order valence-electron chi connectivity index (χ3n) is 5.67. The number of carbonyl (C=O) groups is 3. The van der Waals surface area contributed by atoms with Gasteiger partial charge in [0, 0.05) is 0 Å². The lowest BCUT2D eigenvalue weighted by atomic mass is 10.00. The standard InChI is InChI=1S/C31H42F6O6/c1-3-5-6-7-8-9-10-11-12-13-14-15-16-17-18-19-20-21-22-25(4-2)27(38)43-26(23-41-28(39)30(32,33)34)24-42-29(40)31(35,36)37/h5-6,8-9,11-12,15-16,19-20,25-26H,3-4,7,10,13-14,17-18,21-24H2,1-2H3/b6-5-,9-8-,12-11-,16-15-,20-19-. The summed E-state index contributed by atoms with van der Waals surface area (Å²) >= 11 is 0. The van der Waals surface area contributed by atoms with E-state index in [2.05, 4.69) is 65.0 Å². The molecular weight excluding hydrogens is 582 g/mol. The van der Waals surface area contributed by atoms with Gasteiger partial charge in [-0.15, -0.1) is 0 Å². The van der Waals surface area contributed by atoms with Crippen LogP contribution in [-0.4, -0.2) is 49.6 Å². The fourth-order valence-corrected chi connectivity index (χ4v) is 3.35. The Bertz CT molecular complexity index is 917. The van der Waals surface area contributed by atoms with Crippen LogP contribution in [0.25, 0.3) is 0 Å². The van der Waals surface area contributed by atoms with Crippen molar-refractivity contribution >= 4 is 17.9 Å². The van der Waals surface area contributed by atoms with Gasteiger partial charge in [0.25, 0.3) is 0 Å². The summed E-state index contributed by atoms with van der Waals surface area (Å²) in [6.45, 7) is 1.27. The van der Waals surface area contributed by atoms with E-state index in [4.69, 9.17) is 4.74 Å². The predicted molar refractivity (Wildman–Crippen MR) is 151 cm³/mol. The quantitative estimate of drug-likeness (QED) is 0.0419. The number of unbranched alkanes of at least 4 members (excludes halogenated alkanes) is 2. The van der Waals surface area contributed by atoms with Gasteiger partial charge in [0.15, 0.2) is 6.10 Å². The molecule has 0 heterocycles. The van der Waals surface area contributed by atoms with Gasteiger partial charge in [-0.1, -0.05) is 74.6 Å². The monoisotopic (exact) mass is 624 g/mol. The van der Waals surface area contributed by atoms with Crippen LogP contribution < -0.4 is 0 Å². The van der Waals surface area contributed by atoms with E-state index in [1.807, 2.05) is 12.2 Å². The largest absolute Gasteiger partial charge is 0.490 e. The van der Waals surface area contributed by atoms with E-state index < -0.39 is 55.5 Å². The maximum Gasteiger partial charge on any atom is 0.490 e. The predicted octanol–water partition coefficient (Wildman–Crippen LogP) is 8.45. The van der Waals surface area contributed by atoms with Crippen molar-refractivity contribution in [3.63, 3.8) is 0 Å². The molecule has 0 aromatic rings. The van der Waals surface area contributed by atoms with Crippen molar-refractivity contribution in [1.82, 2.24) is 0 Å². The molecule has 0 amide bonds. The van der Waals surface area contributed by atoms with Crippen LogP contribution in [0.1, 0.15) is 78.1 Å². The molecule has 0 aliphatic rings. The third kappa shape index (κ3) is 22.0. The lowest BCUT2D eigenvalue weighted by Crippen LogP contribution is -2.37. The van der Waals surface area contributed by atoms with Gasteiger partial charge in [-0.3, -0.25) is 4.79 Å². The van der Waals surface area contributed by atoms with Gasteiger partial charge < -0.3 is 14.2 Å². The van der Waals surface area contributed by atoms with Crippen LogP contribution in [0.15, 0.2) is 60.8 Å². The lowest BCUT2D eigenvalue weighted by Gasteiger charge is -2.21. The number of hydrogen-bond acceptors (Lipinski definition) is 6. The van der Waals surface area contributed by atoms with E-state index in [0.717, 1.165) is 44.9 Å². The Morgan fingerprint density at radius 2 is 1.00 bits per heavy atom. The first-order valence-electron chi connectivity index (χ1n) is 14.3. The van der Waals surface area contributed by atoms with Crippen LogP contribution in [0.4, 0.5) is 26.3 Å². The average Bonchev–Trinajstić information content (AvgIpc) is 2.94. The van der Waals surface area contributed by atoms with E-state index in [9.17, 15) is 40.7 Å². The molecular formula is C31H42F6O6. The van der Waals surface area contributed by atoms with Crippen molar-refractivity contribution in [2.24, 2.45) is 5.92 Å². The first-order chi connectivity index (χ1) is 20.3. The number of rotatable bonds is 21. The van der Waals surface area contributed by atoms with Crippen LogP contribution in [-0.2, 0) is 28.6 Å². The zero-order valence-corrected chi connectivity index (χ0v) is 24.6. The van der Waals surface area contributed by atoms with Gasteiger partial charge in [0.2, 0.25) is 0 Å². The maximum absolute atomic E-state index is 12.5. The molecule has 6 nitrogen and oxygen atoms in total. The molecule has 0 radical (unpaired) electrons. The first-order valence-corrected chi connectivity index (χ1v) is 14.3. The van der Waals surface area contributed by atoms with E-state index >= 15 is 0 Å². The molecule has 0 saturated carbocycles. The minimum Gasteiger partial charge on any atom is -0.455 e. The number of alkyl halides is 6. The van der Waals surface area contributed by atoms with Crippen molar-refractivity contribution in [2.45, 2.75) is 96.5 Å². The number of halogens is 6. The van der Waals surface area contributed by atoms with Crippen molar-refractivity contribution in [3.05, 3.63) is 60.8 Å². The average molecular weight is 625 g/mol. The number of allylic oxidation sites excluding steroid dienone is 10. The van der Waals surface area contributed by atoms with Crippen LogP contribution in [0, 0.1) is 5.92 Å². The van der Waals surface area contributed by atoms with Crippen molar-refractivity contribution in [3.8, 4) is 0 Å². The number of ether oxygens (including phenoxy) is 3. The molecule has 0 aliphatic carbocycles. The Morgan fingerprint density at radius 1 is 0.605 bits per heavy atom. The minimum atomic E-state index is -5.37. The number of carbonyl (C=O) groups excluding carboxylic acids is 3. The second-order valence-corrected chi connectivity index (χ2v) is 9.33. The molecule has 1 unspecified atom stereocenters. The zero-order chi connectivity index (χ0) is 32.6. The molecule has 0 aliphatic heterocycles. The first kappa shape index (κ1) is 39.7. The summed E-state index contributed by atoms with van der Waals surface area (Å²) in [7, 11) is 0. The second-order valence-electron chi connectivity index (χ2n) is 9.33. The molecule has 0 rings (SSSR count). The van der Waals surface area contributed by atoms with Gasteiger partial charge in [0.05, 0.1) is 5.92 Å². The summed E-state index contributed by atoms with van der Waals surface area (Å²) in [4.78, 5) is 34.4. The molecule has 1 atom stereocenters. The fraction of sp³-hybridized carbons (Fsp3) is 0.581. The van der Waals surface area contributed by atoms with Gasteiger partial charge in [0.1, 0.15) is 13.2 Å². The second kappa shape index (κ2) is 23.2. The summed E-state index contributed by atoms with van der Waals surface area (Å²) in [5.41, 5.74) is 0. The molecule has 0 aromatic heterocycles. The van der Waals surface area contributed by atoms with Gasteiger partial charge in [-0.25, -0.2) is 9.59 Å². The summed E-state index contributed by atoms with van der Waals surface area (Å²) in [5.74, 6) is -6.92. The lowest BCUT2D eigenvalue weighted by molar-refractivity contribution is -0.210. The normalized spacial score (nSPS) is 13.7. The van der Waals surface area contributed by atoms with Gasteiger partial charge >= 0.3 is 30.3 Å². The van der Waals surface area contributed by atoms with E-state index in [-0.39, 0.29) is 6.42 Å². The SMILES string of the molecule is CC/C=C\C/C=C\C/C=C\CC/C=C\CC/C=C\CCC(CC)C(=O)OC(COC(=O)C(F)(F)F)COC(=O)C(F)(F)F. The highest BCUT2D eigenvalue weighted by Gasteiger charge is 2.43. The highest BCUT2D eigenvalue weighted by molar-refractivity contribution is 5.76. The Labute approximate surface area is 249 Å². The summed E-state index contributed by atoms with van der Waals surface area (Å²) < 4.78 is 87.2. The smallest absolute Gasteiger partial charge is 0.455 e. The van der Waals surface area contributed by atoms with Crippen molar-refractivity contribution in [2.75, 3.05) is 13.2 Å². The summed E-state index contributed by atoms with van der Waals surface area (Å²) in [6, 6.07) is 0. The van der Waals surface area contributed by atoms with Crippen LogP contribution >= 0.6 is 0 Å². The van der Waals surface area contributed by atoms with Crippen molar-refractivity contribution in [1.29, 1.82) is 0 Å². The molecule has 0 bridgehead atoms. The topological polar surface area (TPSA) is 78.9 Å². The Balaban J connectivity index is 4.49. The van der Waals surface area contributed by atoms with Crippen molar-refractivity contribution < 1.29 is 54.9 Å². The summed E-state index contributed by atoms with van der Waals surface area (Å²) in [6.07, 6.45) is 15.8. The van der Waals surface area contributed by atoms with Crippen LogP contribution in [0.2, 0.25) is 0 Å². The van der Waals surface area contributed by atoms with Crippen LogP contribution in [0.3, 0.4) is 0 Å². The number of esters is 3. The molecule has 0 N–H and O–H groups in total. The molecule has 43 heavy (non-hydrogen) atoms. The minimum absolute atomic E-state index is 0.272. The van der Waals surface area contributed by atoms with E-state index in [1.54, 1.807) is 6.92 Å². The highest BCUT2D eigenvalue weighted by Crippen LogP contribution is 2.20. The van der Waals surface area contributed by atoms with Crippen LogP contribution in [0.5, 0.6) is 0 Å². The molecule has 12 heteroatoms. The molecule has 0 fully saturated rings. The molecule has 244 valence electrons. The maximum atomic E-state index is 12.5. The molecule has 0 saturated heterocycles. The summed E-state index contributed by atoms with van der Waals surface area (Å²) in [5, 5.41) is 0. The zero-order valence-electron chi connectivity index (χ0n) is 24.6. The third-order valence-corrected chi connectivity index (χ3v) is 5.67. The molecule has 0 spiro atoms. The van der Waals surface area contributed by atoms with Gasteiger partial charge in [-0.2, -0.15) is 26.3 Å². The van der Waals surface area contributed by atoms with E-state index in [0.29, 0.717) is 12.8 Å². The number of hydrogen-bond donors (Lipinski definition) is 0. The van der Waals surface area contributed by atoms with Gasteiger partial charge in [-0.05, 0) is 64.2 Å². The molecule has 0 aromatic carbocycles. The Morgan fingerprint density at radius 3 is 1.42 bits per heavy atom.